The maximum atomic E-state index is 12.2. The Morgan fingerprint density at radius 1 is 0.941 bits per heavy atom. The fourth-order valence-corrected chi connectivity index (χ4v) is 2.70. The van der Waals surface area contributed by atoms with E-state index < -0.39 is 9.84 Å². The number of ether oxygens (including phenoxy) is 1. The molecule has 2 aromatic carbocycles. The number of hydrogen-bond acceptors (Lipinski definition) is 3. The molecular formula is C13H11O3S. The van der Waals surface area contributed by atoms with E-state index in [0.717, 1.165) is 0 Å². The van der Waals surface area contributed by atoms with Gasteiger partial charge in [0.1, 0.15) is 5.75 Å². The van der Waals surface area contributed by atoms with Crippen molar-refractivity contribution >= 4 is 9.84 Å². The molecule has 2 rings (SSSR count). The summed E-state index contributed by atoms with van der Waals surface area (Å²) in [6.07, 6.45) is 0. The van der Waals surface area contributed by atoms with Crippen molar-refractivity contribution in [1.29, 1.82) is 0 Å². The number of hydrogen-bond donors (Lipinski definition) is 0. The largest absolute Gasteiger partial charge is 0.497 e. The zero-order chi connectivity index (χ0) is 12.3. The van der Waals surface area contributed by atoms with Gasteiger partial charge in [0.25, 0.3) is 0 Å². The highest BCUT2D eigenvalue weighted by atomic mass is 32.2. The van der Waals surface area contributed by atoms with E-state index in [0.29, 0.717) is 5.75 Å². The first-order chi connectivity index (χ1) is 8.14. The van der Waals surface area contributed by atoms with E-state index >= 15 is 0 Å². The second-order valence-corrected chi connectivity index (χ2v) is 5.36. The first kappa shape index (κ1) is 11.7. The summed E-state index contributed by atoms with van der Waals surface area (Å²) in [5, 5.41) is 0. The predicted octanol–water partition coefficient (Wildman–Crippen LogP) is 2.33. The molecule has 0 aromatic heterocycles. The van der Waals surface area contributed by atoms with Gasteiger partial charge in [-0.2, -0.15) is 0 Å². The van der Waals surface area contributed by atoms with Gasteiger partial charge in [-0.1, -0.05) is 12.1 Å². The van der Waals surface area contributed by atoms with Crippen LogP contribution in [0.1, 0.15) is 0 Å². The second-order valence-electron chi connectivity index (χ2n) is 3.41. The van der Waals surface area contributed by atoms with Crippen molar-refractivity contribution in [2.24, 2.45) is 0 Å². The zero-order valence-electron chi connectivity index (χ0n) is 9.25. The van der Waals surface area contributed by atoms with Crippen LogP contribution >= 0.6 is 0 Å². The van der Waals surface area contributed by atoms with Crippen molar-refractivity contribution in [3.8, 4) is 5.75 Å². The number of rotatable bonds is 3. The Hall–Kier alpha value is -1.81. The molecule has 0 aliphatic rings. The van der Waals surface area contributed by atoms with Crippen LogP contribution in [0.3, 0.4) is 0 Å². The Kier molecular flexibility index (Phi) is 3.15. The van der Waals surface area contributed by atoms with Crippen molar-refractivity contribution in [3.63, 3.8) is 0 Å². The molecule has 0 aliphatic heterocycles. The average Bonchev–Trinajstić information content (AvgIpc) is 2.40. The van der Waals surface area contributed by atoms with E-state index in [4.69, 9.17) is 4.74 Å². The highest BCUT2D eigenvalue weighted by Crippen LogP contribution is 2.22. The molecule has 4 heteroatoms. The summed E-state index contributed by atoms with van der Waals surface area (Å²) in [5.41, 5.74) is 0. The van der Waals surface area contributed by atoms with Gasteiger partial charge in [0.05, 0.1) is 16.9 Å². The van der Waals surface area contributed by atoms with E-state index in [-0.39, 0.29) is 9.79 Å². The molecule has 0 spiro atoms. The average molecular weight is 247 g/mol. The molecule has 1 radical (unpaired) electrons. The molecule has 17 heavy (non-hydrogen) atoms. The van der Waals surface area contributed by atoms with Gasteiger partial charge >= 0.3 is 0 Å². The summed E-state index contributed by atoms with van der Waals surface area (Å²) in [6, 6.07) is 15.3. The minimum atomic E-state index is -3.44. The fourth-order valence-electron chi connectivity index (χ4n) is 1.44. The molecule has 0 saturated carbocycles. The molecule has 0 atom stereocenters. The van der Waals surface area contributed by atoms with Crippen LogP contribution in [-0.4, -0.2) is 15.5 Å². The Balaban J connectivity index is 2.45. The molecular weight excluding hydrogens is 236 g/mol. The number of sulfone groups is 1. The lowest BCUT2D eigenvalue weighted by Gasteiger charge is -2.05. The molecule has 0 amide bonds. The van der Waals surface area contributed by atoms with Crippen LogP contribution in [0.4, 0.5) is 0 Å². The molecule has 2 aromatic rings. The van der Waals surface area contributed by atoms with Crippen molar-refractivity contribution < 1.29 is 13.2 Å². The minimum Gasteiger partial charge on any atom is -0.497 e. The summed E-state index contributed by atoms with van der Waals surface area (Å²) in [4.78, 5) is 0.519. The molecule has 3 nitrogen and oxygen atoms in total. The lowest BCUT2D eigenvalue weighted by molar-refractivity contribution is 0.414. The van der Waals surface area contributed by atoms with Crippen molar-refractivity contribution in [2.45, 2.75) is 9.79 Å². The lowest BCUT2D eigenvalue weighted by Crippen LogP contribution is -2.01. The normalized spacial score (nSPS) is 11.1. The SMILES string of the molecule is COc1ccc(S(=O)(=O)c2cc[c]cc2)cc1. The van der Waals surface area contributed by atoms with Crippen LogP contribution in [0, 0.1) is 6.07 Å². The Morgan fingerprint density at radius 3 is 2.00 bits per heavy atom. The third-order valence-corrected chi connectivity index (χ3v) is 4.15. The second kappa shape index (κ2) is 4.59. The minimum absolute atomic E-state index is 0.254. The Morgan fingerprint density at radius 2 is 1.47 bits per heavy atom. The summed E-state index contributed by atoms with van der Waals surface area (Å²) >= 11 is 0. The molecule has 0 saturated heterocycles. The van der Waals surface area contributed by atoms with Crippen LogP contribution < -0.4 is 4.74 Å². The third kappa shape index (κ3) is 2.31. The summed E-state index contributed by atoms with van der Waals surface area (Å²) in [5.74, 6) is 0.630. The van der Waals surface area contributed by atoms with Gasteiger partial charge in [-0.15, -0.1) is 0 Å². The van der Waals surface area contributed by atoms with E-state index in [1.165, 1.54) is 31.4 Å². The smallest absolute Gasteiger partial charge is 0.206 e. The monoisotopic (exact) mass is 247 g/mol. The van der Waals surface area contributed by atoms with Crippen LogP contribution in [-0.2, 0) is 9.84 Å². The van der Waals surface area contributed by atoms with Crippen LogP contribution in [0.2, 0.25) is 0 Å². The fraction of sp³-hybridized carbons (Fsp3) is 0.0769. The van der Waals surface area contributed by atoms with Gasteiger partial charge in [-0.25, -0.2) is 8.42 Å². The molecule has 0 fully saturated rings. The van der Waals surface area contributed by atoms with E-state index in [1.807, 2.05) is 0 Å². The van der Waals surface area contributed by atoms with Gasteiger partial charge in [-0.3, -0.25) is 0 Å². The first-order valence-electron chi connectivity index (χ1n) is 5.00. The molecule has 0 bridgehead atoms. The van der Waals surface area contributed by atoms with Crippen molar-refractivity contribution in [3.05, 3.63) is 54.6 Å². The molecule has 87 valence electrons. The Bertz CT molecular complexity index is 586. The zero-order valence-corrected chi connectivity index (χ0v) is 10.1. The molecule has 0 N–H and O–H groups in total. The van der Waals surface area contributed by atoms with E-state index in [9.17, 15) is 8.42 Å². The first-order valence-corrected chi connectivity index (χ1v) is 6.48. The van der Waals surface area contributed by atoms with Crippen LogP contribution in [0.15, 0.2) is 58.3 Å². The topological polar surface area (TPSA) is 43.4 Å². The van der Waals surface area contributed by atoms with E-state index in [1.54, 1.807) is 24.3 Å². The Labute approximate surface area is 101 Å². The highest BCUT2D eigenvalue weighted by Gasteiger charge is 2.16. The quantitative estimate of drug-likeness (QED) is 0.836. The van der Waals surface area contributed by atoms with Gasteiger partial charge < -0.3 is 4.74 Å². The maximum absolute atomic E-state index is 12.2. The van der Waals surface area contributed by atoms with Crippen molar-refractivity contribution in [1.82, 2.24) is 0 Å². The number of methoxy groups -OCH3 is 1. The summed E-state index contributed by atoms with van der Waals surface area (Å²) in [6.45, 7) is 0. The summed E-state index contributed by atoms with van der Waals surface area (Å²) < 4.78 is 29.3. The van der Waals surface area contributed by atoms with E-state index in [2.05, 4.69) is 6.07 Å². The standard InChI is InChI=1S/C13H11O3S/c1-16-11-7-9-13(10-8-11)17(14,15)12-5-3-2-4-6-12/h3-10H,1H3. The highest BCUT2D eigenvalue weighted by molar-refractivity contribution is 7.91. The molecule has 0 heterocycles. The van der Waals surface area contributed by atoms with Crippen LogP contribution in [0.25, 0.3) is 0 Å². The lowest BCUT2D eigenvalue weighted by atomic mass is 10.3. The number of benzene rings is 2. The van der Waals surface area contributed by atoms with Gasteiger partial charge in [0.15, 0.2) is 0 Å². The van der Waals surface area contributed by atoms with Crippen LogP contribution in [0.5, 0.6) is 5.75 Å². The molecule has 0 aliphatic carbocycles. The van der Waals surface area contributed by atoms with Gasteiger partial charge in [-0.05, 0) is 42.5 Å². The third-order valence-electron chi connectivity index (χ3n) is 2.37. The maximum Gasteiger partial charge on any atom is 0.206 e. The molecule has 0 unspecified atom stereocenters. The van der Waals surface area contributed by atoms with Gasteiger partial charge in [0.2, 0.25) is 9.84 Å². The van der Waals surface area contributed by atoms with Gasteiger partial charge in [0, 0.05) is 0 Å². The predicted molar refractivity (Wildman–Crippen MR) is 63.7 cm³/mol. The van der Waals surface area contributed by atoms with Crippen molar-refractivity contribution in [2.75, 3.05) is 7.11 Å². The summed E-state index contributed by atoms with van der Waals surface area (Å²) in [7, 11) is -1.90.